The summed E-state index contributed by atoms with van der Waals surface area (Å²) in [7, 11) is 0. The molecule has 0 N–H and O–H groups in total. The molecule has 0 spiro atoms. The number of rotatable bonds is 7. The normalized spacial score (nSPS) is 16.7. The molecule has 2 aliphatic rings. The molecule has 7 heteroatoms. The number of nitrogens with zero attached hydrogens (tertiary/aromatic N) is 5. The van der Waals surface area contributed by atoms with Gasteiger partial charge in [-0.15, -0.1) is 10.2 Å². The Morgan fingerprint density at radius 2 is 1.72 bits per heavy atom. The van der Waals surface area contributed by atoms with Crippen LogP contribution in [0.5, 0.6) is 0 Å². The molecule has 2 fully saturated rings. The van der Waals surface area contributed by atoms with E-state index in [1.807, 2.05) is 47.4 Å². The van der Waals surface area contributed by atoms with Crippen molar-refractivity contribution in [2.45, 2.75) is 33.1 Å². The van der Waals surface area contributed by atoms with Crippen molar-refractivity contribution in [3.63, 3.8) is 0 Å². The quantitative estimate of drug-likeness (QED) is 0.669. The highest BCUT2D eigenvalue weighted by atomic mass is 16.2. The second-order valence-electron chi connectivity index (χ2n) is 9.25. The van der Waals surface area contributed by atoms with Gasteiger partial charge in [-0.2, -0.15) is 0 Å². The van der Waals surface area contributed by atoms with Crippen LogP contribution in [0.2, 0.25) is 0 Å². The fourth-order valence-corrected chi connectivity index (χ4v) is 4.29. The van der Waals surface area contributed by atoms with Gasteiger partial charge >= 0.3 is 0 Å². The number of piperazine rings is 1. The van der Waals surface area contributed by atoms with E-state index in [0.717, 1.165) is 36.3 Å². The van der Waals surface area contributed by atoms with Crippen molar-refractivity contribution in [2.24, 2.45) is 11.8 Å². The van der Waals surface area contributed by atoms with Gasteiger partial charge in [0.15, 0.2) is 5.82 Å². The molecule has 0 bridgehead atoms. The third-order valence-corrected chi connectivity index (χ3v) is 6.35. The summed E-state index contributed by atoms with van der Waals surface area (Å²) in [5.74, 6) is 1.50. The Balaban J connectivity index is 1.31. The molecule has 0 unspecified atom stereocenters. The van der Waals surface area contributed by atoms with Gasteiger partial charge in [0.1, 0.15) is 0 Å². The highest BCUT2D eigenvalue weighted by Gasteiger charge is 2.32. The smallest absolute Gasteiger partial charge is 0.242 e. The molecule has 1 saturated carbocycles. The number of carbonyl (C=O) groups is 2. The first-order chi connectivity index (χ1) is 15.5. The molecule has 0 atom stereocenters. The lowest BCUT2D eigenvalue weighted by atomic mass is 9.84. The van der Waals surface area contributed by atoms with E-state index in [-0.39, 0.29) is 24.3 Å². The molecule has 1 aliphatic carbocycles. The average Bonchev–Trinajstić information content (AvgIpc) is 2.78. The molecule has 170 valence electrons. The molecule has 2 heterocycles. The molecule has 2 amide bonds. The third-order valence-electron chi connectivity index (χ3n) is 6.35. The van der Waals surface area contributed by atoms with Gasteiger partial charge in [0.2, 0.25) is 11.8 Å². The number of hydrogen-bond acceptors (Lipinski definition) is 5. The number of carbonyl (C=O) groups excluding carboxylic acids is 2. The third kappa shape index (κ3) is 5.26. The SMILES string of the molecule is CC(C)CN(CC(=O)N1CCN(c2ccc(-c3ccccc3)nn2)CC1)C(=O)C1CCC1. The Bertz CT molecular complexity index is 904. The number of hydrogen-bond donors (Lipinski definition) is 0. The minimum Gasteiger partial charge on any atom is -0.352 e. The van der Waals surface area contributed by atoms with Crippen LogP contribution in [0.3, 0.4) is 0 Å². The lowest BCUT2D eigenvalue weighted by molar-refractivity contribution is -0.145. The van der Waals surface area contributed by atoms with Crippen LogP contribution in [-0.2, 0) is 9.59 Å². The summed E-state index contributed by atoms with van der Waals surface area (Å²) >= 11 is 0. The average molecular weight is 436 g/mol. The topological polar surface area (TPSA) is 69.6 Å². The minimum atomic E-state index is 0.0449. The van der Waals surface area contributed by atoms with E-state index in [4.69, 9.17) is 0 Å². The van der Waals surface area contributed by atoms with E-state index < -0.39 is 0 Å². The zero-order valence-electron chi connectivity index (χ0n) is 19.1. The van der Waals surface area contributed by atoms with Gasteiger partial charge in [-0.1, -0.05) is 50.6 Å². The maximum atomic E-state index is 13.0. The van der Waals surface area contributed by atoms with E-state index in [1.54, 1.807) is 4.90 Å². The maximum absolute atomic E-state index is 13.0. The first kappa shape index (κ1) is 22.2. The summed E-state index contributed by atoms with van der Waals surface area (Å²) in [4.78, 5) is 31.6. The van der Waals surface area contributed by atoms with Crippen LogP contribution in [0.4, 0.5) is 5.82 Å². The van der Waals surface area contributed by atoms with Gasteiger partial charge in [0, 0.05) is 44.2 Å². The van der Waals surface area contributed by atoms with Crippen molar-refractivity contribution in [3.05, 3.63) is 42.5 Å². The standard InChI is InChI=1S/C25H33N5O2/c1-19(2)17-30(25(32)21-9-6-10-21)18-24(31)29-15-13-28(14-16-29)23-12-11-22(26-27-23)20-7-4-3-5-8-20/h3-5,7-8,11-12,19,21H,6,9-10,13-18H2,1-2H3. The lowest BCUT2D eigenvalue weighted by Gasteiger charge is -2.37. The molecular formula is C25H33N5O2. The van der Waals surface area contributed by atoms with Crippen molar-refractivity contribution in [2.75, 3.05) is 44.2 Å². The number of benzene rings is 1. The summed E-state index contributed by atoms with van der Waals surface area (Å²) in [5, 5.41) is 8.79. The minimum absolute atomic E-state index is 0.0449. The summed E-state index contributed by atoms with van der Waals surface area (Å²) < 4.78 is 0. The molecule has 0 radical (unpaired) electrons. The van der Waals surface area contributed by atoms with Crippen molar-refractivity contribution < 1.29 is 9.59 Å². The van der Waals surface area contributed by atoms with E-state index in [9.17, 15) is 9.59 Å². The molecule has 32 heavy (non-hydrogen) atoms. The molecule has 1 aliphatic heterocycles. The summed E-state index contributed by atoms with van der Waals surface area (Å²) in [6.45, 7) is 7.71. The molecule has 1 saturated heterocycles. The van der Waals surface area contributed by atoms with Crippen LogP contribution in [-0.4, -0.2) is 71.1 Å². The predicted molar refractivity (Wildman–Crippen MR) is 125 cm³/mol. The van der Waals surface area contributed by atoms with E-state index in [2.05, 4.69) is 28.9 Å². The summed E-state index contributed by atoms with van der Waals surface area (Å²) in [6.07, 6.45) is 3.05. The van der Waals surface area contributed by atoms with Gasteiger partial charge in [0.25, 0.3) is 0 Å². The largest absolute Gasteiger partial charge is 0.352 e. The monoisotopic (exact) mass is 435 g/mol. The lowest BCUT2D eigenvalue weighted by Crippen LogP contribution is -2.53. The summed E-state index contributed by atoms with van der Waals surface area (Å²) in [5.41, 5.74) is 1.90. The number of amides is 2. The van der Waals surface area contributed by atoms with Crippen molar-refractivity contribution in [1.29, 1.82) is 0 Å². The zero-order chi connectivity index (χ0) is 22.5. The Morgan fingerprint density at radius 1 is 1.00 bits per heavy atom. The maximum Gasteiger partial charge on any atom is 0.242 e. The van der Waals surface area contributed by atoms with E-state index in [0.29, 0.717) is 38.6 Å². The second kappa shape index (κ2) is 10.1. The molecule has 7 nitrogen and oxygen atoms in total. The van der Waals surface area contributed by atoms with Gasteiger partial charge < -0.3 is 14.7 Å². The van der Waals surface area contributed by atoms with Crippen LogP contribution < -0.4 is 4.90 Å². The van der Waals surface area contributed by atoms with Crippen LogP contribution in [0, 0.1) is 11.8 Å². The number of aromatic nitrogens is 2. The van der Waals surface area contributed by atoms with Crippen LogP contribution in [0.1, 0.15) is 33.1 Å². The predicted octanol–water partition coefficient (Wildman–Crippen LogP) is 3.08. The van der Waals surface area contributed by atoms with Crippen LogP contribution in [0.15, 0.2) is 42.5 Å². The molecule has 1 aromatic carbocycles. The zero-order valence-corrected chi connectivity index (χ0v) is 19.1. The Kier molecular flexibility index (Phi) is 7.02. The number of anilines is 1. The second-order valence-corrected chi connectivity index (χ2v) is 9.25. The van der Waals surface area contributed by atoms with Gasteiger partial charge in [-0.05, 0) is 30.9 Å². The summed E-state index contributed by atoms with van der Waals surface area (Å²) in [6, 6.07) is 14.0. The van der Waals surface area contributed by atoms with E-state index >= 15 is 0 Å². The highest BCUT2D eigenvalue weighted by Crippen LogP contribution is 2.28. The Labute approximate surface area is 190 Å². The van der Waals surface area contributed by atoms with Crippen LogP contribution in [0.25, 0.3) is 11.3 Å². The molecule has 1 aromatic heterocycles. The van der Waals surface area contributed by atoms with Crippen molar-refractivity contribution >= 4 is 17.6 Å². The molecule has 4 rings (SSSR count). The Morgan fingerprint density at radius 3 is 2.28 bits per heavy atom. The van der Waals surface area contributed by atoms with Crippen LogP contribution >= 0.6 is 0 Å². The fraction of sp³-hybridized carbons (Fsp3) is 0.520. The first-order valence-electron chi connectivity index (χ1n) is 11.7. The van der Waals surface area contributed by atoms with Gasteiger partial charge in [0.05, 0.1) is 12.2 Å². The van der Waals surface area contributed by atoms with Gasteiger partial charge in [-0.3, -0.25) is 9.59 Å². The van der Waals surface area contributed by atoms with Crippen molar-refractivity contribution in [3.8, 4) is 11.3 Å². The first-order valence-corrected chi connectivity index (χ1v) is 11.7. The fourth-order valence-electron chi connectivity index (χ4n) is 4.29. The van der Waals surface area contributed by atoms with Gasteiger partial charge in [-0.25, -0.2) is 0 Å². The van der Waals surface area contributed by atoms with E-state index in [1.165, 1.54) is 0 Å². The highest BCUT2D eigenvalue weighted by molar-refractivity contribution is 5.86. The Hall–Kier alpha value is -2.96. The molecular weight excluding hydrogens is 402 g/mol. The van der Waals surface area contributed by atoms with Crippen molar-refractivity contribution in [1.82, 2.24) is 20.0 Å². The molecule has 2 aromatic rings.